The number of hydrogen-bond donors (Lipinski definition) is 0. The van der Waals surface area contributed by atoms with Crippen molar-refractivity contribution in [2.24, 2.45) is 5.92 Å². The molecule has 1 aliphatic rings. The van der Waals surface area contributed by atoms with Gasteiger partial charge in [-0.25, -0.2) is 4.98 Å². The van der Waals surface area contributed by atoms with Crippen molar-refractivity contribution in [2.75, 3.05) is 38.6 Å². The SMILES string of the molecule is CCCCCCc1c(C)c(C#N)c2nc3ccccc3n2c1N1CCC(CN(C)C)C1.Cl.Cl. The number of para-hydroxylation sites is 2. The molecule has 4 rings (SSSR count). The molecule has 5 nitrogen and oxygen atoms in total. The second-order valence-corrected chi connectivity index (χ2v) is 9.35. The van der Waals surface area contributed by atoms with Crippen LogP contribution in [0.4, 0.5) is 5.82 Å². The number of unbranched alkanes of at least 4 members (excludes halogenated alkanes) is 3. The summed E-state index contributed by atoms with van der Waals surface area (Å²) in [5, 5.41) is 10.1. The minimum atomic E-state index is 0. The zero-order valence-electron chi connectivity index (χ0n) is 20.3. The van der Waals surface area contributed by atoms with Crippen LogP contribution in [0.2, 0.25) is 0 Å². The summed E-state index contributed by atoms with van der Waals surface area (Å²) in [4.78, 5) is 9.77. The van der Waals surface area contributed by atoms with Crippen molar-refractivity contribution in [3.8, 4) is 6.07 Å². The number of anilines is 1. The molecule has 1 saturated heterocycles. The molecule has 0 aliphatic carbocycles. The van der Waals surface area contributed by atoms with Gasteiger partial charge in [0.25, 0.3) is 0 Å². The molecule has 2 aromatic heterocycles. The van der Waals surface area contributed by atoms with Crippen molar-refractivity contribution >= 4 is 47.3 Å². The highest BCUT2D eigenvalue weighted by molar-refractivity contribution is 5.86. The maximum atomic E-state index is 10.1. The van der Waals surface area contributed by atoms with Gasteiger partial charge in [-0.2, -0.15) is 5.26 Å². The first kappa shape index (κ1) is 27.2. The molecule has 0 saturated carbocycles. The predicted molar refractivity (Wildman–Crippen MR) is 143 cm³/mol. The maximum absolute atomic E-state index is 10.1. The van der Waals surface area contributed by atoms with Crippen LogP contribution in [0.5, 0.6) is 0 Å². The van der Waals surface area contributed by atoms with Gasteiger partial charge in [-0.1, -0.05) is 38.3 Å². The Balaban J connectivity index is 0.00000193. The number of fused-ring (bicyclic) bond motifs is 3. The van der Waals surface area contributed by atoms with Gasteiger partial charge in [0.05, 0.1) is 16.6 Å². The van der Waals surface area contributed by atoms with Gasteiger partial charge < -0.3 is 9.80 Å². The van der Waals surface area contributed by atoms with Gasteiger partial charge >= 0.3 is 0 Å². The molecular weight excluding hydrogens is 453 g/mol. The van der Waals surface area contributed by atoms with Crippen LogP contribution in [-0.4, -0.2) is 48.0 Å². The lowest BCUT2D eigenvalue weighted by Gasteiger charge is -2.26. The number of benzene rings is 1. The van der Waals surface area contributed by atoms with Gasteiger partial charge in [-0.15, -0.1) is 24.8 Å². The lowest BCUT2D eigenvalue weighted by molar-refractivity contribution is 0.340. The monoisotopic (exact) mass is 489 g/mol. The van der Waals surface area contributed by atoms with Gasteiger partial charge in [0.2, 0.25) is 0 Å². The van der Waals surface area contributed by atoms with Gasteiger partial charge in [-0.05, 0) is 69.5 Å². The van der Waals surface area contributed by atoms with Gasteiger partial charge in [-0.3, -0.25) is 4.40 Å². The Kier molecular flexibility index (Phi) is 9.84. The molecule has 180 valence electrons. The second kappa shape index (κ2) is 11.9. The van der Waals surface area contributed by atoms with Crippen LogP contribution < -0.4 is 4.90 Å². The summed E-state index contributed by atoms with van der Waals surface area (Å²) in [5.41, 5.74) is 6.07. The van der Waals surface area contributed by atoms with Crippen molar-refractivity contribution in [2.45, 2.75) is 52.4 Å². The molecule has 0 radical (unpaired) electrons. The number of hydrogen-bond acceptors (Lipinski definition) is 4. The van der Waals surface area contributed by atoms with Gasteiger partial charge in [0.1, 0.15) is 11.9 Å². The quantitative estimate of drug-likeness (QED) is 0.362. The van der Waals surface area contributed by atoms with Crippen LogP contribution >= 0.6 is 24.8 Å². The van der Waals surface area contributed by atoms with E-state index in [1.807, 2.05) is 6.07 Å². The van der Waals surface area contributed by atoms with E-state index >= 15 is 0 Å². The standard InChI is InChI=1S/C26H35N5.2ClH/c1-5-6-7-8-11-21-19(2)22(16-27)25-28-23-12-9-10-13-24(23)31(25)26(21)30-15-14-20(18-30)17-29(3)4;;/h9-10,12-13,20H,5-8,11,14-15,17-18H2,1-4H3;2*1H. The minimum absolute atomic E-state index is 0. The first-order valence-corrected chi connectivity index (χ1v) is 11.8. The van der Waals surface area contributed by atoms with Gasteiger partial charge in [0, 0.05) is 19.6 Å². The van der Waals surface area contributed by atoms with Crippen LogP contribution in [0.1, 0.15) is 55.7 Å². The van der Waals surface area contributed by atoms with Crippen molar-refractivity contribution in [3.63, 3.8) is 0 Å². The summed E-state index contributed by atoms with van der Waals surface area (Å²) in [7, 11) is 4.32. The van der Waals surface area contributed by atoms with E-state index in [1.165, 1.54) is 43.5 Å². The molecule has 3 heterocycles. The first-order chi connectivity index (χ1) is 15.0. The summed E-state index contributed by atoms with van der Waals surface area (Å²) >= 11 is 0. The fourth-order valence-electron chi connectivity index (χ4n) is 5.21. The molecule has 7 heteroatoms. The Hall–Kier alpha value is -2.00. The third kappa shape index (κ3) is 5.40. The van der Waals surface area contributed by atoms with Crippen LogP contribution in [-0.2, 0) is 6.42 Å². The van der Waals surface area contributed by atoms with E-state index in [9.17, 15) is 5.26 Å². The van der Waals surface area contributed by atoms with E-state index in [4.69, 9.17) is 4.98 Å². The molecule has 0 N–H and O–H groups in total. The maximum Gasteiger partial charge on any atom is 0.157 e. The topological polar surface area (TPSA) is 47.6 Å². The first-order valence-electron chi connectivity index (χ1n) is 11.8. The summed E-state index contributed by atoms with van der Waals surface area (Å²) in [6.45, 7) is 7.62. The number of pyridine rings is 1. The van der Waals surface area contributed by atoms with Crippen LogP contribution in [0.25, 0.3) is 16.7 Å². The van der Waals surface area contributed by atoms with E-state index in [0.717, 1.165) is 53.9 Å². The molecule has 1 aromatic carbocycles. The number of rotatable bonds is 8. The summed E-state index contributed by atoms with van der Waals surface area (Å²) in [5.74, 6) is 1.95. The smallest absolute Gasteiger partial charge is 0.157 e. The second-order valence-electron chi connectivity index (χ2n) is 9.35. The third-order valence-electron chi connectivity index (χ3n) is 6.69. The van der Waals surface area contributed by atoms with E-state index in [1.54, 1.807) is 0 Å². The normalized spacial score (nSPS) is 15.6. The molecule has 1 aliphatic heterocycles. The molecular formula is C26H37Cl2N5. The molecule has 1 unspecified atom stereocenters. The van der Waals surface area contributed by atoms with Crippen molar-refractivity contribution < 1.29 is 0 Å². The number of nitrogens with zero attached hydrogens (tertiary/aromatic N) is 5. The van der Waals surface area contributed by atoms with E-state index < -0.39 is 0 Å². The number of aromatic nitrogens is 2. The van der Waals surface area contributed by atoms with Gasteiger partial charge in [0.15, 0.2) is 5.65 Å². The summed E-state index contributed by atoms with van der Waals surface area (Å²) in [6, 6.07) is 10.8. The molecule has 1 fully saturated rings. The Morgan fingerprint density at radius 1 is 1.15 bits per heavy atom. The summed E-state index contributed by atoms with van der Waals surface area (Å²) in [6.07, 6.45) is 7.14. The predicted octanol–water partition coefficient (Wildman–Crippen LogP) is 6.02. The number of nitriles is 1. The highest BCUT2D eigenvalue weighted by Crippen LogP contribution is 2.36. The average molecular weight is 491 g/mol. The molecule has 3 aromatic rings. The lowest BCUT2D eigenvalue weighted by atomic mass is 9.98. The van der Waals surface area contributed by atoms with E-state index in [0.29, 0.717) is 5.92 Å². The zero-order chi connectivity index (χ0) is 22.0. The fourth-order valence-corrected chi connectivity index (χ4v) is 5.21. The lowest BCUT2D eigenvalue weighted by Crippen LogP contribution is -2.28. The number of halogens is 2. The fraction of sp³-hybridized carbons (Fsp3) is 0.538. The minimum Gasteiger partial charge on any atom is -0.357 e. The van der Waals surface area contributed by atoms with Crippen LogP contribution in [0, 0.1) is 24.2 Å². The van der Waals surface area contributed by atoms with E-state index in [-0.39, 0.29) is 24.8 Å². The van der Waals surface area contributed by atoms with Crippen molar-refractivity contribution in [3.05, 3.63) is 41.0 Å². The van der Waals surface area contributed by atoms with E-state index in [2.05, 4.69) is 66.4 Å². The van der Waals surface area contributed by atoms with Crippen LogP contribution in [0.3, 0.4) is 0 Å². The highest BCUT2D eigenvalue weighted by atomic mass is 35.5. The molecule has 0 amide bonds. The number of imidazole rings is 1. The zero-order valence-corrected chi connectivity index (χ0v) is 21.9. The molecule has 33 heavy (non-hydrogen) atoms. The Morgan fingerprint density at radius 2 is 1.91 bits per heavy atom. The van der Waals surface area contributed by atoms with Crippen LogP contribution in [0.15, 0.2) is 24.3 Å². The summed E-state index contributed by atoms with van der Waals surface area (Å²) < 4.78 is 2.29. The van der Waals surface area contributed by atoms with Crippen molar-refractivity contribution in [1.82, 2.24) is 14.3 Å². The Labute approximate surface area is 210 Å². The molecule has 1 atom stereocenters. The average Bonchev–Trinajstić information content (AvgIpc) is 3.35. The van der Waals surface area contributed by atoms with Crippen molar-refractivity contribution in [1.29, 1.82) is 5.26 Å². The Morgan fingerprint density at radius 3 is 2.61 bits per heavy atom. The highest BCUT2D eigenvalue weighted by Gasteiger charge is 2.29. The Bertz CT molecular complexity index is 1120. The molecule has 0 spiro atoms. The molecule has 0 bridgehead atoms. The largest absolute Gasteiger partial charge is 0.357 e. The third-order valence-corrected chi connectivity index (χ3v) is 6.69.